The molecule has 14 heavy (non-hydrogen) atoms. The lowest BCUT2D eigenvalue weighted by Crippen LogP contribution is -2.38. The van der Waals surface area contributed by atoms with E-state index in [1.165, 1.54) is 12.8 Å². The molecule has 2 nitrogen and oxygen atoms in total. The second kappa shape index (κ2) is 3.77. The Bertz CT molecular complexity index is 281. The van der Waals surface area contributed by atoms with Crippen LogP contribution in [-0.2, 0) is 6.54 Å². The van der Waals surface area contributed by atoms with Gasteiger partial charge in [0.2, 0.25) is 0 Å². The van der Waals surface area contributed by atoms with Crippen molar-refractivity contribution in [3.05, 3.63) is 24.5 Å². The van der Waals surface area contributed by atoms with Crippen molar-refractivity contribution in [2.75, 3.05) is 0 Å². The lowest BCUT2D eigenvalue weighted by molar-refractivity contribution is -0.0271. The first-order valence-corrected chi connectivity index (χ1v) is 5.51. The summed E-state index contributed by atoms with van der Waals surface area (Å²) < 4.78 is 2.08. The van der Waals surface area contributed by atoms with E-state index in [1.54, 1.807) is 0 Å². The van der Waals surface area contributed by atoms with Crippen LogP contribution in [0.3, 0.4) is 0 Å². The third-order valence-electron chi connectivity index (χ3n) is 3.21. The van der Waals surface area contributed by atoms with Crippen molar-refractivity contribution in [2.24, 2.45) is 5.92 Å². The standard InChI is InChI=1S/C12H19NO/c1-11-5-4-6-12(14,9-11)10-13-7-2-3-8-13/h2-3,7-8,11,14H,4-6,9-10H2,1H3. The van der Waals surface area contributed by atoms with E-state index in [0.717, 1.165) is 19.4 Å². The molecule has 78 valence electrons. The van der Waals surface area contributed by atoms with Crippen molar-refractivity contribution in [1.29, 1.82) is 0 Å². The van der Waals surface area contributed by atoms with Gasteiger partial charge in [-0.05, 0) is 30.9 Å². The summed E-state index contributed by atoms with van der Waals surface area (Å²) in [5, 5.41) is 10.4. The lowest BCUT2D eigenvalue weighted by atomic mass is 9.79. The molecule has 2 heteroatoms. The highest BCUT2D eigenvalue weighted by Crippen LogP contribution is 2.33. The average molecular weight is 193 g/mol. The number of hydrogen-bond acceptors (Lipinski definition) is 1. The molecular formula is C12H19NO. The molecule has 1 N–H and O–H groups in total. The predicted molar refractivity (Wildman–Crippen MR) is 57.0 cm³/mol. The Balaban J connectivity index is 2.01. The Kier molecular flexibility index (Phi) is 2.64. The zero-order valence-electron chi connectivity index (χ0n) is 8.82. The Morgan fingerprint density at radius 3 is 2.79 bits per heavy atom. The van der Waals surface area contributed by atoms with E-state index in [-0.39, 0.29) is 0 Å². The Morgan fingerprint density at radius 2 is 2.14 bits per heavy atom. The van der Waals surface area contributed by atoms with Crippen LogP contribution in [0.4, 0.5) is 0 Å². The SMILES string of the molecule is CC1CCCC(O)(Cn2cccc2)C1. The maximum absolute atomic E-state index is 10.4. The van der Waals surface area contributed by atoms with Gasteiger partial charge in [-0.15, -0.1) is 0 Å². The quantitative estimate of drug-likeness (QED) is 0.766. The highest BCUT2D eigenvalue weighted by molar-refractivity contribution is 4.94. The molecule has 0 spiro atoms. The van der Waals surface area contributed by atoms with E-state index >= 15 is 0 Å². The molecule has 0 aromatic carbocycles. The van der Waals surface area contributed by atoms with Crippen LogP contribution in [0.2, 0.25) is 0 Å². The fourth-order valence-electron chi connectivity index (χ4n) is 2.59. The molecule has 2 rings (SSSR count). The molecule has 1 aliphatic carbocycles. The molecule has 1 saturated carbocycles. The van der Waals surface area contributed by atoms with E-state index in [0.29, 0.717) is 5.92 Å². The summed E-state index contributed by atoms with van der Waals surface area (Å²) in [5.41, 5.74) is -0.462. The molecule has 1 heterocycles. The first-order chi connectivity index (χ1) is 6.68. The third kappa shape index (κ3) is 2.18. The third-order valence-corrected chi connectivity index (χ3v) is 3.21. The number of aromatic nitrogens is 1. The van der Waals surface area contributed by atoms with Crippen LogP contribution in [0, 0.1) is 5.92 Å². The van der Waals surface area contributed by atoms with E-state index in [4.69, 9.17) is 0 Å². The van der Waals surface area contributed by atoms with E-state index in [2.05, 4.69) is 11.5 Å². The summed E-state index contributed by atoms with van der Waals surface area (Å²) in [5.74, 6) is 0.671. The van der Waals surface area contributed by atoms with Gasteiger partial charge in [0, 0.05) is 12.4 Å². The largest absolute Gasteiger partial charge is 0.388 e. The van der Waals surface area contributed by atoms with Crippen LogP contribution in [0.1, 0.15) is 32.6 Å². The van der Waals surface area contributed by atoms with E-state index in [1.807, 2.05) is 24.5 Å². The van der Waals surface area contributed by atoms with Gasteiger partial charge in [0.15, 0.2) is 0 Å². The molecule has 0 radical (unpaired) electrons. The minimum absolute atomic E-state index is 0.462. The second-order valence-electron chi connectivity index (χ2n) is 4.78. The summed E-state index contributed by atoms with van der Waals surface area (Å²) in [6.07, 6.45) is 8.39. The molecule has 1 aliphatic rings. The number of aliphatic hydroxyl groups is 1. The zero-order valence-corrected chi connectivity index (χ0v) is 8.82. The number of rotatable bonds is 2. The molecule has 2 atom stereocenters. The molecule has 0 saturated heterocycles. The molecular weight excluding hydrogens is 174 g/mol. The molecule has 1 fully saturated rings. The highest BCUT2D eigenvalue weighted by Gasteiger charge is 2.32. The van der Waals surface area contributed by atoms with Gasteiger partial charge in [-0.3, -0.25) is 0 Å². The maximum Gasteiger partial charge on any atom is 0.0828 e. The van der Waals surface area contributed by atoms with Crippen LogP contribution >= 0.6 is 0 Å². The summed E-state index contributed by atoms with van der Waals surface area (Å²) in [6, 6.07) is 4.02. The van der Waals surface area contributed by atoms with Gasteiger partial charge in [0.1, 0.15) is 0 Å². The summed E-state index contributed by atoms with van der Waals surface area (Å²) in [6.45, 7) is 2.99. The van der Waals surface area contributed by atoms with E-state index in [9.17, 15) is 5.11 Å². The van der Waals surface area contributed by atoms with Gasteiger partial charge in [-0.2, -0.15) is 0 Å². The topological polar surface area (TPSA) is 25.2 Å². The van der Waals surface area contributed by atoms with Crippen molar-refractivity contribution in [1.82, 2.24) is 4.57 Å². The van der Waals surface area contributed by atoms with Crippen molar-refractivity contribution in [3.8, 4) is 0 Å². The maximum atomic E-state index is 10.4. The highest BCUT2D eigenvalue weighted by atomic mass is 16.3. The Hall–Kier alpha value is -0.760. The fraction of sp³-hybridized carbons (Fsp3) is 0.667. The van der Waals surface area contributed by atoms with Gasteiger partial charge in [0.25, 0.3) is 0 Å². The van der Waals surface area contributed by atoms with Gasteiger partial charge in [0.05, 0.1) is 12.1 Å². The Labute approximate surface area is 85.6 Å². The summed E-state index contributed by atoms with van der Waals surface area (Å²) in [4.78, 5) is 0. The summed E-state index contributed by atoms with van der Waals surface area (Å²) in [7, 11) is 0. The van der Waals surface area contributed by atoms with Crippen LogP contribution in [0.25, 0.3) is 0 Å². The van der Waals surface area contributed by atoms with Gasteiger partial charge in [-0.25, -0.2) is 0 Å². The average Bonchev–Trinajstić information content (AvgIpc) is 2.55. The fourth-order valence-corrected chi connectivity index (χ4v) is 2.59. The molecule has 2 unspecified atom stereocenters. The zero-order chi connectivity index (χ0) is 10.0. The molecule has 0 aliphatic heterocycles. The number of hydrogen-bond donors (Lipinski definition) is 1. The monoisotopic (exact) mass is 193 g/mol. The minimum atomic E-state index is -0.462. The van der Waals surface area contributed by atoms with Gasteiger partial charge < -0.3 is 9.67 Å². The minimum Gasteiger partial charge on any atom is -0.388 e. The molecule has 0 bridgehead atoms. The van der Waals surface area contributed by atoms with Crippen molar-refractivity contribution >= 4 is 0 Å². The van der Waals surface area contributed by atoms with Gasteiger partial charge >= 0.3 is 0 Å². The van der Waals surface area contributed by atoms with Crippen LogP contribution < -0.4 is 0 Å². The van der Waals surface area contributed by atoms with Crippen LogP contribution in [0.15, 0.2) is 24.5 Å². The van der Waals surface area contributed by atoms with Crippen LogP contribution in [-0.4, -0.2) is 15.3 Å². The number of nitrogens with zero attached hydrogens (tertiary/aromatic N) is 1. The molecule has 0 amide bonds. The van der Waals surface area contributed by atoms with Crippen molar-refractivity contribution in [2.45, 2.75) is 44.8 Å². The second-order valence-corrected chi connectivity index (χ2v) is 4.78. The first kappa shape index (κ1) is 9.78. The lowest BCUT2D eigenvalue weighted by Gasteiger charge is -2.35. The van der Waals surface area contributed by atoms with Crippen molar-refractivity contribution in [3.63, 3.8) is 0 Å². The van der Waals surface area contributed by atoms with Crippen LogP contribution in [0.5, 0.6) is 0 Å². The summed E-state index contributed by atoms with van der Waals surface area (Å²) >= 11 is 0. The van der Waals surface area contributed by atoms with Gasteiger partial charge in [-0.1, -0.05) is 19.8 Å². The van der Waals surface area contributed by atoms with E-state index < -0.39 is 5.60 Å². The normalized spacial score (nSPS) is 33.1. The Morgan fingerprint density at radius 1 is 1.43 bits per heavy atom. The predicted octanol–water partition coefficient (Wildman–Crippen LogP) is 2.43. The molecule has 1 aromatic rings. The first-order valence-electron chi connectivity index (χ1n) is 5.51. The smallest absolute Gasteiger partial charge is 0.0828 e. The van der Waals surface area contributed by atoms with Crippen molar-refractivity contribution < 1.29 is 5.11 Å². The molecule has 1 aromatic heterocycles.